The first-order valence-corrected chi connectivity index (χ1v) is 6.79. The predicted molar refractivity (Wildman–Crippen MR) is 71.3 cm³/mol. The summed E-state index contributed by atoms with van der Waals surface area (Å²) < 4.78 is 0. The Labute approximate surface area is 109 Å². The van der Waals surface area contributed by atoms with Crippen molar-refractivity contribution in [3.05, 3.63) is 0 Å². The summed E-state index contributed by atoms with van der Waals surface area (Å²) in [6, 6.07) is -0.398. The molecule has 0 radical (unpaired) electrons. The lowest BCUT2D eigenvalue weighted by Gasteiger charge is -2.35. The molecule has 1 saturated heterocycles. The molecule has 0 aromatic rings. The van der Waals surface area contributed by atoms with Gasteiger partial charge in [0.15, 0.2) is 0 Å². The lowest BCUT2D eigenvalue weighted by Crippen LogP contribution is -2.53. The molecule has 5 nitrogen and oxygen atoms in total. The van der Waals surface area contributed by atoms with Crippen LogP contribution in [0, 0.1) is 0 Å². The van der Waals surface area contributed by atoms with Crippen molar-refractivity contribution >= 4 is 11.9 Å². The molecule has 1 aliphatic heterocycles. The van der Waals surface area contributed by atoms with E-state index >= 15 is 0 Å². The second-order valence-corrected chi connectivity index (χ2v) is 5.37. The van der Waals surface area contributed by atoms with Crippen LogP contribution >= 0.6 is 0 Å². The van der Waals surface area contributed by atoms with Crippen LogP contribution in [0.2, 0.25) is 0 Å². The van der Waals surface area contributed by atoms with E-state index in [-0.39, 0.29) is 24.0 Å². The van der Waals surface area contributed by atoms with Crippen LogP contribution in [0.15, 0.2) is 0 Å². The van der Waals surface area contributed by atoms with Gasteiger partial charge in [0.25, 0.3) is 0 Å². The third-order valence-electron chi connectivity index (χ3n) is 3.22. The summed E-state index contributed by atoms with van der Waals surface area (Å²) in [6.45, 7) is 8.39. The van der Waals surface area contributed by atoms with Crippen LogP contribution in [-0.4, -0.2) is 41.5 Å². The zero-order chi connectivity index (χ0) is 13.7. The Morgan fingerprint density at radius 1 is 1.17 bits per heavy atom. The van der Waals surface area contributed by atoms with Crippen molar-refractivity contribution in [3.8, 4) is 0 Å². The van der Waals surface area contributed by atoms with Crippen LogP contribution in [0.25, 0.3) is 0 Å². The average Bonchev–Trinajstić information content (AvgIpc) is 2.27. The molecule has 0 saturated carbocycles. The van der Waals surface area contributed by atoms with Gasteiger partial charge in [-0.3, -0.25) is 4.79 Å². The third kappa shape index (κ3) is 4.20. The number of nitrogens with one attached hydrogen (secondary N) is 2. The third-order valence-corrected chi connectivity index (χ3v) is 3.22. The van der Waals surface area contributed by atoms with E-state index in [0.29, 0.717) is 0 Å². The van der Waals surface area contributed by atoms with Gasteiger partial charge >= 0.3 is 6.03 Å². The molecule has 1 aliphatic rings. The van der Waals surface area contributed by atoms with E-state index in [0.717, 1.165) is 19.4 Å². The maximum Gasteiger partial charge on any atom is 0.315 e. The van der Waals surface area contributed by atoms with E-state index in [4.69, 9.17) is 0 Å². The summed E-state index contributed by atoms with van der Waals surface area (Å²) in [7, 11) is 0. The summed E-state index contributed by atoms with van der Waals surface area (Å²) in [5.41, 5.74) is 0. The molecule has 0 unspecified atom stereocenters. The Morgan fingerprint density at radius 2 is 1.83 bits per heavy atom. The van der Waals surface area contributed by atoms with Crippen LogP contribution in [0.4, 0.5) is 4.79 Å². The first-order chi connectivity index (χ1) is 8.41. The fourth-order valence-corrected chi connectivity index (χ4v) is 2.24. The number of nitrogens with zero attached hydrogens (tertiary/aromatic N) is 1. The molecule has 2 N–H and O–H groups in total. The monoisotopic (exact) mass is 255 g/mol. The summed E-state index contributed by atoms with van der Waals surface area (Å²) >= 11 is 0. The van der Waals surface area contributed by atoms with E-state index in [2.05, 4.69) is 17.6 Å². The van der Waals surface area contributed by atoms with Crippen LogP contribution in [0.3, 0.4) is 0 Å². The molecule has 2 atom stereocenters. The number of hydrogen-bond acceptors (Lipinski definition) is 2. The van der Waals surface area contributed by atoms with Gasteiger partial charge in [-0.25, -0.2) is 4.79 Å². The molecule has 104 valence electrons. The van der Waals surface area contributed by atoms with Gasteiger partial charge in [-0.1, -0.05) is 0 Å². The maximum atomic E-state index is 12.2. The Morgan fingerprint density at radius 3 is 2.39 bits per heavy atom. The molecule has 18 heavy (non-hydrogen) atoms. The molecule has 1 fully saturated rings. The summed E-state index contributed by atoms with van der Waals surface area (Å²) in [5, 5.41) is 5.41. The number of piperidine rings is 1. The van der Waals surface area contributed by atoms with Crippen molar-refractivity contribution in [1.29, 1.82) is 0 Å². The van der Waals surface area contributed by atoms with Gasteiger partial charge in [-0.05, 0) is 47.0 Å². The zero-order valence-corrected chi connectivity index (χ0v) is 11.8. The molecular formula is C13H25N3O2. The highest BCUT2D eigenvalue weighted by Gasteiger charge is 2.27. The topological polar surface area (TPSA) is 61.4 Å². The molecule has 0 aliphatic carbocycles. The lowest BCUT2D eigenvalue weighted by molar-refractivity contribution is -0.136. The van der Waals surface area contributed by atoms with Gasteiger partial charge in [-0.2, -0.15) is 0 Å². The van der Waals surface area contributed by atoms with Crippen molar-refractivity contribution in [3.63, 3.8) is 0 Å². The van der Waals surface area contributed by atoms with Gasteiger partial charge in [-0.15, -0.1) is 0 Å². The van der Waals surface area contributed by atoms with E-state index in [9.17, 15) is 9.59 Å². The number of amides is 3. The molecule has 1 rings (SSSR count). The molecule has 5 heteroatoms. The molecule has 0 aromatic heterocycles. The fraction of sp³-hybridized carbons (Fsp3) is 0.846. The zero-order valence-electron chi connectivity index (χ0n) is 11.8. The van der Waals surface area contributed by atoms with Crippen LogP contribution in [0.5, 0.6) is 0 Å². The maximum absolute atomic E-state index is 12.2. The molecule has 3 amide bonds. The average molecular weight is 255 g/mol. The summed E-state index contributed by atoms with van der Waals surface area (Å²) in [5.74, 6) is 0.0149. The first kappa shape index (κ1) is 14.8. The SMILES string of the molecule is CC(C)NC(=O)N[C@H](C)C(=O)N1CCCC[C@H]1C. The van der Waals surface area contributed by atoms with E-state index < -0.39 is 6.04 Å². The predicted octanol–water partition coefficient (Wildman–Crippen LogP) is 1.48. The molecule has 0 bridgehead atoms. The highest BCUT2D eigenvalue weighted by Crippen LogP contribution is 2.17. The quantitative estimate of drug-likeness (QED) is 0.802. The van der Waals surface area contributed by atoms with Crippen molar-refractivity contribution in [2.45, 2.75) is 65.1 Å². The van der Waals surface area contributed by atoms with Gasteiger partial charge in [0.1, 0.15) is 6.04 Å². The molecule has 0 spiro atoms. The Kier molecular flexibility index (Phi) is 5.44. The van der Waals surface area contributed by atoms with Crippen LogP contribution in [0.1, 0.15) is 47.0 Å². The van der Waals surface area contributed by atoms with Gasteiger partial charge in [0.2, 0.25) is 5.91 Å². The van der Waals surface area contributed by atoms with E-state index in [1.807, 2.05) is 18.7 Å². The second kappa shape index (κ2) is 6.61. The van der Waals surface area contributed by atoms with Gasteiger partial charge in [0, 0.05) is 18.6 Å². The molecule has 1 heterocycles. The standard InChI is InChI=1S/C13H25N3O2/c1-9(2)14-13(18)15-11(4)12(17)16-8-6-5-7-10(16)3/h9-11H,5-8H2,1-4H3,(H2,14,15,18)/t10-,11-/m1/s1. The highest BCUT2D eigenvalue weighted by molar-refractivity contribution is 5.87. The van der Waals surface area contributed by atoms with Crippen LogP contribution in [-0.2, 0) is 4.79 Å². The minimum Gasteiger partial charge on any atom is -0.338 e. The van der Waals surface area contributed by atoms with E-state index in [1.165, 1.54) is 6.42 Å². The Balaban J connectivity index is 2.47. The Hall–Kier alpha value is -1.26. The smallest absolute Gasteiger partial charge is 0.315 e. The lowest BCUT2D eigenvalue weighted by atomic mass is 10.0. The van der Waals surface area contributed by atoms with E-state index in [1.54, 1.807) is 6.92 Å². The number of likely N-dealkylation sites (tertiary alicyclic amines) is 1. The Bertz CT molecular complexity index is 305. The normalized spacial score (nSPS) is 21.6. The number of rotatable bonds is 3. The van der Waals surface area contributed by atoms with Crippen molar-refractivity contribution in [2.24, 2.45) is 0 Å². The second-order valence-electron chi connectivity index (χ2n) is 5.37. The number of urea groups is 1. The fourth-order valence-electron chi connectivity index (χ4n) is 2.24. The van der Waals surface area contributed by atoms with Crippen molar-refractivity contribution < 1.29 is 9.59 Å². The van der Waals surface area contributed by atoms with Gasteiger partial charge < -0.3 is 15.5 Å². The van der Waals surface area contributed by atoms with Crippen LogP contribution < -0.4 is 10.6 Å². The van der Waals surface area contributed by atoms with Crippen molar-refractivity contribution in [2.75, 3.05) is 6.54 Å². The molecule has 0 aromatic carbocycles. The minimum atomic E-state index is -0.468. The number of carbonyl (C=O) groups excluding carboxylic acids is 2. The minimum absolute atomic E-state index is 0.0149. The van der Waals surface area contributed by atoms with Crippen molar-refractivity contribution in [1.82, 2.24) is 15.5 Å². The molecular weight excluding hydrogens is 230 g/mol. The largest absolute Gasteiger partial charge is 0.338 e. The number of hydrogen-bond donors (Lipinski definition) is 2. The van der Waals surface area contributed by atoms with Gasteiger partial charge in [0.05, 0.1) is 0 Å². The summed E-state index contributed by atoms with van der Waals surface area (Å²) in [6.07, 6.45) is 3.29. The highest BCUT2D eigenvalue weighted by atomic mass is 16.2. The first-order valence-electron chi connectivity index (χ1n) is 6.79. The summed E-state index contributed by atoms with van der Waals surface area (Å²) in [4.78, 5) is 25.6. The number of carbonyl (C=O) groups is 2.